The van der Waals surface area contributed by atoms with Crippen molar-refractivity contribution >= 4 is 5.91 Å². The molecule has 140 valence electrons. The SMILES string of the molecule is C=C(C)C(=O)[N+]1(CCC)CC1C(F)(F)C(F)(F)C(F)(F)C(F)(F)F. The van der Waals surface area contributed by atoms with Crippen LogP contribution in [0.25, 0.3) is 0 Å². The topological polar surface area (TPSA) is 17.1 Å². The van der Waals surface area contributed by atoms with E-state index in [0.29, 0.717) is 0 Å². The van der Waals surface area contributed by atoms with E-state index in [4.69, 9.17) is 0 Å². The zero-order valence-corrected chi connectivity index (χ0v) is 12.7. The number of carbonyl (C=O) groups is 1. The summed E-state index contributed by atoms with van der Waals surface area (Å²) in [5.74, 6) is -20.5. The molecule has 2 unspecified atom stereocenters. The van der Waals surface area contributed by atoms with Gasteiger partial charge in [-0.25, -0.2) is 9.28 Å². The van der Waals surface area contributed by atoms with Gasteiger partial charge in [-0.05, 0) is 13.3 Å². The molecular formula is C13H15F9NO+. The molecule has 11 heteroatoms. The minimum atomic E-state index is -6.94. The number of carbonyl (C=O) groups excluding carboxylic acids is 1. The molecule has 2 nitrogen and oxygen atoms in total. The molecule has 0 radical (unpaired) electrons. The van der Waals surface area contributed by atoms with Crippen LogP contribution in [0.2, 0.25) is 0 Å². The molecule has 0 aromatic carbocycles. The van der Waals surface area contributed by atoms with Crippen LogP contribution in [0, 0.1) is 0 Å². The second kappa shape index (κ2) is 5.63. The third kappa shape index (κ3) is 2.70. The molecule has 0 spiro atoms. The average molecular weight is 372 g/mol. The fourth-order valence-corrected chi connectivity index (χ4v) is 2.64. The second-order valence-corrected chi connectivity index (χ2v) is 5.81. The van der Waals surface area contributed by atoms with Gasteiger partial charge in [0.2, 0.25) is 6.04 Å². The van der Waals surface area contributed by atoms with E-state index in [1.165, 1.54) is 6.92 Å². The highest BCUT2D eigenvalue weighted by molar-refractivity contribution is 5.87. The minimum Gasteiger partial charge on any atom is -0.239 e. The fourth-order valence-electron chi connectivity index (χ4n) is 2.64. The molecule has 1 rings (SSSR count). The largest absolute Gasteiger partial charge is 0.460 e. The molecule has 0 aromatic rings. The van der Waals surface area contributed by atoms with Gasteiger partial charge in [-0.2, -0.15) is 39.5 Å². The molecular weight excluding hydrogens is 357 g/mol. The Labute approximate surface area is 131 Å². The highest BCUT2D eigenvalue weighted by Gasteiger charge is 2.89. The maximum atomic E-state index is 13.9. The number of amides is 1. The van der Waals surface area contributed by atoms with Gasteiger partial charge in [-0.15, -0.1) is 0 Å². The van der Waals surface area contributed by atoms with Crippen molar-refractivity contribution < 1.29 is 48.8 Å². The molecule has 1 saturated heterocycles. The van der Waals surface area contributed by atoms with Crippen molar-refractivity contribution in [1.29, 1.82) is 0 Å². The van der Waals surface area contributed by atoms with Crippen molar-refractivity contribution in [3.8, 4) is 0 Å². The molecule has 1 fully saturated rings. The van der Waals surface area contributed by atoms with Crippen molar-refractivity contribution in [2.75, 3.05) is 13.1 Å². The summed E-state index contributed by atoms with van der Waals surface area (Å²) in [6, 6.07) is -2.68. The fraction of sp³-hybridized carbons (Fsp3) is 0.769. The van der Waals surface area contributed by atoms with E-state index in [1.807, 2.05) is 0 Å². The molecule has 1 aliphatic rings. The smallest absolute Gasteiger partial charge is 0.239 e. The Morgan fingerprint density at radius 3 is 1.83 bits per heavy atom. The lowest BCUT2D eigenvalue weighted by molar-refractivity contribution is -0.742. The van der Waals surface area contributed by atoms with E-state index in [9.17, 15) is 44.3 Å². The van der Waals surface area contributed by atoms with Gasteiger partial charge in [-0.1, -0.05) is 13.5 Å². The van der Waals surface area contributed by atoms with Crippen molar-refractivity contribution in [1.82, 2.24) is 0 Å². The van der Waals surface area contributed by atoms with Gasteiger partial charge >= 0.3 is 29.9 Å². The molecule has 1 amide bonds. The van der Waals surface area contributed by atoms with Crippen molar-refractivity contribution in [2.24, 2.45) is 0 Å². The maximum Gasteiger partial charge on any atom is 0.460 e. The Morgan fingerprint density at radius 2 is 1.50 bits per heavy atom. The van der Waals surface area contributed by atoms with Gasteiger partial charge in [0.1, 0.15) is 6.54 Å². The molecule has 0 aliphatic carbocycles. The normalized spacial score (nSPS) is 25.5. The van der Waals surface area contributed by atoms with E-state index in [2.05, 4.69) is 6.58 Å². The second-order valence-electron chi connectivity index (χ2n) is 5.81. The summed E-state index contributed by atoms with van der Waals surface area (Å²) in [4.78, 5) is 11.9. The molecule has 2 atom stereocenters. The first kappa shape index (κ1) is 20.8. The summed E-state index contributed by atoms with van der Waals surface area (Å²) in [6.45, 7) is 4.34. The number of halogens is 9. The van der Waals surface area contributed by atoms with E-state index < -0.39 is 53.5 Å². The van der Waals surface area contributed by atoms with Gasteiger partial charge in [0.05, 0.1) is 6.54 Å². The zero-order valence-electron chi connectivity index (χ0n) is 12.7. The summed E-state index contributed by atoms with van der Waals surface area (Å²) >= 11 is 0. The van der Waals surface area contributed by atoms with Gasteiger partial charge in [0.25, 0.3) is 0 Å². The quantitative estimate of drug-likeness (QED) is 0.296. The van der Waals surface area contributed by atoms with E-state index in [1.54, 1.807) is 0 Å². The standard InChI is InChI=1S/C13H15F9NO/c1-4-5-23(9(24)7(2)3)6-8(23)10(14,15)11(16,17)12(18,19)13(20,21)22/h8H,2,4-6H2,1,3H3/q+1. The summed E-state index contributed by atoms with van der Waals surface area (Å²) in [5.41, 5.74) is -0.285. The highest BCUT2D eigenvalue weighted by Crippen LogP contribution is 2.58. The lowest BCUT2D eigenvalue weighted by atomic mass is 10.0. The van der Waals surface area contributed by atoms with Crippen LogP contribution in [0.1, 0.15) is 20.3 Å². The van der Waals surface area contributed by atoms with Crippen LogP contribution < -0.4 is 0 Å². The van der Waals surface area contributed by atoms with Gasteiger partial charge in [-0.3, -0.25) is 0 Å². The molecule has 0 N–H and O–H groups in total. The molecule has 0 bridgehead atoms. The third-order valence-electron chi connectivity index (χ3n) is 3.94. The van der Waals surface area contributed by atoms with Crippen LogP contribution in [-0.4, -0.2) is 53.5 Å². The summed E-state index contributed by atoms with van der Waals surface area (Å²) < 4.78 is 116. The van der Waals surface area contributed by atoms with Crippen LogP contribution in [0.3, 0.4) is 0 Å². The lowest BCUT2D eigenvalue weighted by Crippen LogP contribution is -2.64. The monoisotopic (exact) mass is 372 g/mol. The van der Waals surface area contributed by atoms with Crippen molar-refractivity contribution in [3.05, 3.63) is 12.2 Å². The molecule has 1 aliphatic heterocycles. The summed E-state index contributed by atoms with van der Waals surface area (Å²) in [7, 11) is 0. The minimum absolute atomic E-state index is 0.0484. The van der Waals surface area contributed by atoms with Crippen molar-refractivity contribution in [2.45, 2.75) is 50.3 Å². The van der Waals surface area contributed by atoms with Crippen LogP contribution >= 0.6 is 0 Å². The average Bonchev–Trinajstić information content (AvgIpc) is 3.12. The lowest BCUT2D eigenvalue weighted by Gasteiger charge is -2.33. The number of quaternary nitrogens is 1. The Kier molecular flexibility index (Phi) is 4.88. The zero-order chi connectivity index (χ0) is 19.4. The van der Waals surface area contributed by atoms with Crippen LogP contribution in [0.4, 0.5) is 39.5 Å². The number of rotatable bonds is 6. The van der Waals surface area contributed by atoms with Crippen molar-refractivity contribution in [3.63, 3.8) is 0 Å². The van der Waals surface area contributed by atoms with Crippen LogP contribution in [-0.2, 0) is 4.79 Å². The van der Waals surface area contributed by atoms with Gasteiger partial charge < -0.3 is 0 Å². The molecule has 24 heavy (non-hydrogen) atoms. The number of hydrogen-bond acceptors (Lipinski definition) is 1. The Morgan fingerprint density at radius 1 is 1.04 bits per heavy atom. The van der Waals surface area contributed by atoms with Gasteiger partial charge in [0, 0.05) is 5.57 Å². The van der Waals surface area contributed by atoms with E-state index >= 15 is 0 Å². The van der Waals surface area contributed by atoms with E-state index in [-0.39, 0.29) is 12.0 Å². The molecule has 0 aromatic heterocycles. The van der Waals surface area contributed by atoms with Gasteiger partial charge in [0.15, 0.2) is 0 Å². The Balaban J connectivity index is 3.30. The molecule has 1 heterocycles. The first-order valence-electron chi connectivity index (χ1n) is 6.78. The Bertz CT molecular complexity index is 540. The summed E-state index contributed by atoms with van der Waals surface area (Å²) in [5, 5.41) is 0. The predicted octanol–water partition coefficient (Wildman–Crippen LogP) is 4.17. The third-order valence-corrected chi connectivity index (χ3v) is 3.94. The maximum absolute atomic E-state index is 13.9. The number of hydrogen-bond donors (Lipinski definition) is 0. The Hall–Kier alpha value is -1.26. The molecule has 0 saturated carbocycles. The number of nitrogens with zero attached hydrogens (tertiary/aromatic N) is 1. The van der Waals surface area contributed by atoms with Crippen LogP contribution in [0.5, 0.6) is 0 Å². The first-order chi connectivity index (χ1) is 10.5. The highest BCUT2D eigenvalue weighted by atomic mass is 19.4. The van der Waals surface area contributed by atoms with Crippen LogP contribution in [0.15, 0.2) is 12.2 Å². The number of alkyl halides is 9. The predicted molar refractivity (Wildman–Crippen MR) is 64.8 cm³/mol. The summed E-state index contributed by atoms with van der Waals surface area (Å²) in [6.07, 6.45) is -6.82. The van der Waals surface area contributed by atoms with E-state index in [0.717, 1.165) is 6.92 Å². The first-order valence-corrected chi connectivity index (χ1v) is 6.78.